The summed E-state index contributed by atoms with van der Waals surface area (Å²) in [4.78, 5) is 43.2. The van der Waals surface area contributed by atoms with Gasteiger partial charge < -0.3 is 39.1 Å². The van der Waals surface area contributed by atoms with Crippen molar-refractivity contribution >= 4 is 86.2 Å². The molecule has 5 rings (SSSR count). The molecular weight excluding hydrogens is 1040 g/mol. The molecule has 2 aliphatic heterocycles. The van der Waals surface area contributed by atoms with Gasteiger partial charge in [-0.1, -0.05) is 0 Å². The Morgan fingerprint density at radius 3 is 2.03 bits per heavy atom. The first kappa shape index (κ1) is 63.1. The number of hydrazone groups is 1. The summed E-state index contributed by atoms with van der Waals surface area (Å²) in [7, 11) is -9.20. The quantitative estimate of drug-likeness (QED) is 0.0125. The number of anilines is 1. The number of allylic oxidation sites excluding steroid dienone is 3. The van der Waals surface area contributed by atoms with Crippen molar-refractivity contribution in [1.29, 1.82) is 0 Å². The van der Waals surface area contributed by atoms with Crippen molar-refractivity contribution in [3.05, 3.63) is 77.2 Å². The number of nitrogens with zero attached hydrogens (tertiary/aromatic N) is 6. The van der Waals surface area contributed by atoms with Crippen LogP contribution in [0.1, 0.15) is 35.8 Å². The molecule has 0 saturated carbocycles. The molecule has 0 unspecified atom stereocenters. The van der Waals surface area contributed by atoms with Crippen LogP contribution in [0.3, 0.4) is 0 Å². The van der Waals surface area contributed by atoms with Crippen LogP contribution in [-0.4, -0.2) is 96.0 Å². The predicted octanol–water partition coefficient (Wildman–Crippen LogP) is -11.5. The van der Waals surface area contributed by atoms with Crippen molar-refractivity contribution in [2.24, 2.45) is 10.1 Å². The molecule has 0 aliphatic carbocycles. The Labute approximate surface area is 542 Å². The molecule has 1 N–H and O–H groups in total. The fourth-order valence-electron chi connectivity index (χ4n) is 5.44. The van der Waals surface area contributed by atoms with Gasteiger partial charge in [0.15, 0.2) is 12.1 Å². The number of hydrogen-bond acceptors (Lipinski definition) is 23. The summed E-state index contributed by atoms with van der Waals surface area (Å²) in [6.45, 7) is 1.43. The number of rotatable bonds is 17. The number of carbonyl (C=O) groups excluding carboxylic acids is 3. The Morgan fingerprint density at radius 1 is 0.938 bits per heavy atom. The van der Waals surface area contributed by atoms with Crippen molar-refractivity contribution in [3.8, 4) is 11.6 Å². The Hall–Kier alpha value is 1.05. The smallest absolute Gasteiger partial charge is 0.744 e. The topological polar surface area (TPSA) is 336 Å². The summed E-state index contributed by atoms with van der Waals surface area (Å²) in [5, 5.41) is 47.4. The average Bonchev–Trinajstić information content (AvgIpc) is 3.88. The van der Waals surface area contributed by atoms with Crippen molar-refractivity contribution in [2.75, 3.05) is 25.2 Å². The number of amides is 2. The van der Waals surface area contributed by atoms with Gasteiger partial charge in [-0.25, -0.2) is 21.6 Å². The number of esters is 1. The summed E-state index contributed by atoms with van der Waals surface area (Å²) in [5.41, 5.74) is -2.53. The molecule has 1 fully saturated rings. The van der Waals surface area contributed by atoms with Crippen LogP contribution in [0.15, 0.2) is 95.6 Å². The van der Waals surface area contributed by atoms with Gasteiger partial charge in [-0.2, -0.15) is 23.5 Å². The normalized spacial score (nSPS) is 14.9. The van der Waals surface area contributed by atoms with Crippen LogP contribution in [0.2, 0.25) is 0 Å². The van der Waals surface area contributed by atoms with Gasteiger partial charge in [0, 0.05) is 35.5 Å². The molecule has 1 saturated heterocycles. The average molecular weight is 1070 g/mol. The minimum atomic E-state index is -5.27. The van der Waals surface area contributed by atoms with E-state index in [-0.39, 0.29) is 246 Å². The van der Waals surface area contributed by atoms with Crippen molar-refractivity contribution in [3.63, 3.8) is 0 Å². The second-order valence-electron chi connectivity index (χ2n) is 11.5. The maximum Gasteiger partial charge on any atom is 1.00 e. The molecule has 3 aromatic rings. The number of aromatic hydroxyl groups is 1. The standard InChI is InChI=1S/C32H30N6O18S4.4K/c1-3-51-32(42)28-21(30(40)37(34-28)23-15-19(57-55-53-43)8-12-25(23)59(45,46)47)10-6-18(36-14-4-5-27(36)39)7-11-22-29(52-17-33-2)35-38(31(22)41)24-16-20(58-56-54-44)9-13-26(24)60(48,49)50;;;;/h6-13,15-17,40,43-44H,3-5,14H2,1-2H3,(H,45,46,47)(H,48,49,50);;;;/q;4*+1/p-4/b10-6?,18-7?,22-11-,33-17?;;;;. The molecule has 0 spiro atoms. The molecule has 1 aromatic heterocycles. The molecule has 3 heterocycles. The van der Waals surface area contributed by atoms with Gasteiger partial charge in [0.05, 0.1) is 57.4 Å². The maximum absolute atomic E-state index is 13.9. The van der Waals surface area contributed by atoms with Crippen LogP contribution in [0.5, 0.6) is 5.88 Å². The fraction of sp³-hybridized carbons (Fsp3) is 0.188. The van der Waals surface area contributed by atoms with Crippen LogP contribution in [0, 0.1) is 0 Å². The van der Waals surface area contributed by atoms with Gasteiger partial charge in [-0.05, 0) is 74.0 Å². The molecular formula is C32H26K4N6O18S4. The molecule has 320 valence electrons. The van der Waals surface area contributed by atoms with Gasteiger partial charge >= 0.3 is 212 Å². The monoisotopic (exact) mass is 1070 g/mol. The van der Waals surface area contributed by atoms with Gasteiger partial charge in [-0.15, -0.1) is 5.10 Å². The molecule has 64 heavy (non-hydrogen) atoms. The Balaban J connectivity index is 0.00000512. The third kappa shape index (κ3) is 16.3. The Kier molecular flexibility index (Phi) is 29.0. The van der Waals surface area contributed by atoms with Gasteiger partial charge in [-0.3, -0.25) is 24.7 Å². The van der Waals surface area contributed by atoms with E-state index in [4.69, 9.17) is 9.47 Å². The number of likely N-dealkylation sites (tertiary alicyclic amines) is 1. The van der Waals surface area contributed by atoms with Gasteiger partial charge in [0.2, 0.25) is 11.8 Å². The molecule has 32 heteroatoms. The summed E-state index contributed by atoms with van der Waals surface area (Å²) >= 11 is 0.628. The van der Waals surface area contributed by atoms with Crippen molar-refractivity contribution in [1.82, 2.24) is 14.7 Å². The Morgan fingerprint density at radius 2 is 1.52 bits per heavy atom. The third-order valence-corrected chi connectivity index (χ3v) is 10.8. The largest absolute Gasteiger partial charge is 1.00 e. The van der Waals surface area contributed by atoms with Crippen LogP contribution < -0.4 is 221 Å². The zero-order valence-corrected chi connectivity index (χ0v) is 50.1. The summed E-state index contributed by atoms with van der Waals surface area (Å²) < 4.78 is 92.8. The number of aromatic nitrogens is 2. The van der Waals surface area contributed by atoms with E-state index in [1.165, 1.54) is 31.0 Å². The van der Waals surface area contributed by atoms with Crippen LogP contribution in [-0.2, 0) is 58.0 Å². The van der Waals surface area contributed by atoms with Crippen LogP contribution in [0.4, 0.5) is 5.69 Å². The van der Waals surface area contributed by atoms with Gasteiger partial charge in [0.25, 0.3) is 11.8 Å². The summed E-state index contributed by atoms with van der Waals surface area (Å²) in [6, 6.07) is 5.81. The third-order valence-electron chi connectivity index (χ3n) is 7.88. The van der Waals surface area contributed by atoms with Crippen LogP contribution in [0.25, 0.3) is 11.8 Å². The molecule has 0 bridgehead atoms. The first-order chi connectivity index (χ1) is 28.5. The first-order valence-corrected chi connectivity index (χ1v) is 20.7. The second-order valence-corrected chi connectivity index (χ2v) is 15.7. The summed E-state index contributed by atoms with van der Waals surface area (Å²) in [6.07, 6.45) is 6.02. The van der Waals surface area contributed by atoms with Gasteiger partial charge in [0.1, 0.15) is 25.8 Å². The van der Waals surface area contributed by atoms with Crippen molar-refractivity contribution < 1.29 is 290 Å². The van der Waals surface area contributed by atoms with Crippen molar-refractivity contribution in [2.45, 2.75) is 39.3 Å². The minimum absolute atomic E-state index is 0. The molecule has 0 radical (unpaired) electrons. The zero-order chi connectivity index (χ0) is 43.8. The van der Waals surface area contributed by atoms with E-state index in [0.717, 1.165) is 55.0 Å². The van der Waals surface area contributed by atoms with E-state index in [9.17, 15) is 55.9 Å². The van der Waals surface area contributed by atoms with E-state index < -0.39 is 82.2 Å². The van der Waals surface area contributed by atoms with E-state index >= 15 is 0 Å². The predicted molar refractivity (Wildman–Crippen MR) is 196 cm³/mol. The molecule has 2 aliphatic rings. The van der Waals surface area contributed by atoms with Crippen LogP contribution >= 0.6 is 24.1 Å². The van der Waals surface area contributed by atoms with E-state index in [2.05, 4.69) is 33.9 Å². The SMILES string of the molecule is CCOC(=O)c1nn(-c2cc(SOO[O-])ccc2S(=O)(=O)[O-])c(O)c1C=CC(=C/C=C1\C(=O)N(c2cc(SOO[O-])ccc2S(=O)(=O)[O-])N=C1OC=NC)N1CCCC1=O.[K+].[K+].[K+].[K+]. The molecule has 2 aromatic carbocycles. The minimum Gasteiger partial charge on any atom is -0.744 e. The fourth-order valence-corrected chi connectivity index (χ4v) is 7.49. The maximum atomic E-state index is 13.9. The first-order valence-electron chi connectivity index (χ1n) is 16.4. The second kappa shape index (κ2) is 29.4. The number of hydrogen-bond donors (Lipinski definition) is 1. The summed E-state index contributed by atoms with van der Waals surface area (Å²) in [5.74, 6) is -3.95. The number of carbonyl (C=O) groups is 3. The molecule has 24 nitrogen and oxygen atoms in total. The number of benzene rings is 2. The zero-order valence-electron chi connectivity index (χ0n) is 34.4. The molecule has 0 atom stereocenters. The molecule has 2 amide bonds. The number of aliphatic imine (C=N–C) groups is 1. The van der Waals surface area contributed by atoms with E-state index in [0.29, 0.717) is 40.2 Å². The Bertz CT molecular complexity index is 2580. The van der Waals surface area contributed by atoms with E-state index in [1.54, 1.807) is 0 Å². The number of ether oxygens (including phenoxy) is 2. The van der Waals surface area contributed by atoms with E-state index in [1.807, 2.05) is 0 Å².